The number of rotatable bonds is 4. The molecule has 6 nitrogen and oxygen atoms in total. The van der Waals surface area contributed by atoms with Gasteiger partial charge in [-0.15, -0.1) is 0 Å². The lowest BCUT2D eigenvalue weighted by Gasteiger charge is -2.34. The summed E-state index contributed by atoms with van der Waals surface area (Å²) in [5.74, 6) is -0.584. The van der Waals surface area contributed by atoms with Crippen LogP contribution in [-0.4, -0.2) is 36.6 Å². The summed E-state index contributed by atoms with van der Waals surface area (Å²) in [6.45, 7) is 1.23. The van der Waals surface area contributed by atoms with E-state index < -0.39 is 5.41 Å². The van der Waals surface area contributed by atoms with E-state index in [4.69, 9.17) is 10.5 Å². The normalized spacial score (nSPS) is 17.3. The Labute approximate surface area is 128 Å². The van der Waals surface area contributed by atoms with Crippen molar-refractivity contribution in [2.45, 2.75) is 12.8 Å². The Morgan fingerprint density at radius 2 is 2.05 bits per heavy atom. The van der Waals surface area contributed by atoms with Crippen LogP contribution < -0.4 is 11.1 Å². The summed E-state index contributed by atoms with van der Waals surface area (Å²) >= 11 is 0. The molecule has 2 amide bonds. The monoisotopic (exact) mass is 301 g/mol. The summed E-state index contributed by atoms with van der Waals surface area (Å²) in [6, 6.07) is 7.40. The zero-order chi connectivity index (χ0) is 15.6. The number of carbonyl (C=O) groups excluding carboxylic acids is 2. The third kappa shape index (κ3) is 2.69. The van der Waals surface area contributed by atoms with Gasteiger partial charge in [0.15, 0.2) is 0 Å². The van der Waals surface area contributed by atoms with E-state index >= 15 is 0 Å². The molecule has 1 aromatic heterocycles. The van der Waals surface area contributed by atoms with Crippen molar-refractivity contribution in [2.24, 2.45) is 11.1 Å². The van der Waals surface area contributed by atoms with Gasteiger partial charge < -0.3 is 20.8 Å². The summed E-state index contributed by atoms with van der Waals surface area (Å²) in [5, 5.41) is 3.89. The Bertz CT molecular complexity index is 701. The van der Waals surface area contributed by atoms with Crippen molar-refractivity contribution in [1.82, 2.24) is 10.3 Å². The summed E-state index contributed by atoms with van der Waals surface area (Å²) in [6.07, 6.45) is 2.91. The third-order valence-electron chi connectivity index (χ3n) is 4.38. The first kappa shape index (κ1) is 14.6. The Kier molecular flexibility index (Phi) is 3.85. The molecule has 1 aromatic carbocycles. The Morgan fingerprint density at radius 3 is 2.77 bits per heavy atom. The summed E-state index contributed by atoms with van der Waals surface area (Å²) < 4.78 is 5.28. The molecule has 4 N–H and O–H groups in total. The molecule has 0 saturated carbocycles. The fourth-order valence-electron chi connectivity index (χ4n) is 2.81. The van der Waals surface area contributed by atoms with Gasteiger partial charge in [-0.3, -0.25) is 9.59 Å². The lowest BCUT2D eigenvalue weighted by atomic mass is 9.79. The van der Waals surface area contributed by atoms with Gasteiger partial charge in [0.05, 0.1) is 5.41 Å². The molecule has 2 heterocycles. The second kappa shape index (κ2) is 5.81. The number of aromatic amines is 1. The molecule has 1 aliphatic heterocycles. The number of amides is 2. The number of carbonyl (C=O) groups is 2. The van der Waals surface area contributed by atoms with E-state index in [2.05, 4.69) is 10.3 Å². The van der Waals surface area contributed by atoms with Crippen LogP contribution in [0.5, 0.6) is 0 Å². The fraction of sp³-hybridized carbons (Fsp3) is 0.375. The van der Waals surface area contributed by atoms with Gasteiger partial charge in [-0.1, -0.05) is 6.07 Å². The van der Waals surface area contributed by atoms with E-state index in [-0.39, 0.29) is 18.4 Å². The zero-order valence-electron chi connectivity index (χ0n) is 12.2. The quantitative estimate of drug-likeness (QED) is 0.791. The zero-order valence-corrected chi connectivity index (χ0v) is 12.2. The van der Waals surface area contributed by atoms with E-state index in [1.54, 1.807) is 12.1 Å². The maximum atomic E-state index is 12.3. The summed E-state index contributed by atoms with van der Waals surface area (Å²) in [7, 11) is 0. The van der Waals surface area contributed by atoms with Crippen LogP contribution in [0.2, 0.25) is 0 Å². The fourth-order valence-corrected chi connectivity index (χ4v) is 2.81. The van der Waals surface area contributed by atoms with Crippen LogP contribution in [0.25, 0.3) is 10.9 Å². The number of nitrogens with one attached hydrogen (secondary N) is 2. The van der Waals surface area contributed by atoms with E-state index in [1.807, 2.05) is 18.3 Å². The second-order valence-electron chi connectivity index (χ2n) is 5.72. The molecule has 0 radical (unpaired) electrons. The van der Waals surface area contributed by atoms with Crippen LogP contribution in [-0.2, 0) is 9.53 Å². The molecule has 0 bridgehead atoms. The van der Waals surface area contributed by atoms with Gasteiger partial charge in [-0.2, -0.15) is 0 Å². The number of nitrogens with two attached hydrogens (primary N) is 1. The highest BCUT2D eigenvalue weighted by atomic mass is 16.5. The van der Waals surface area contributed by atoms with E-state index in [0.29, 0.717) is 31.6 Å². The standard InChI is InChI=1S/C16H19N3O3/c17-15(21)16(4-7-22-8-5-16)10-19-14(20)12-2-1-11-3-6-18-13(11)9-12/h1-3,6,9,18H,4-5,7-8,10H2,(H2,17,21)(H,19,20). The van der Waals surface area contributed by atoms with Gasteiger partial charge in [0.2, 0.25) is 5.91 Å². The van der Waals surface area contributed by atoms with Crippen LogP contribution in [0.3, 0.4) is 0 Å². The average Bonchev–Trinajstić information content (AvgIpc) is 3.01. The largest absolute Gasteiger partial charge is 0.381 e. The van der Waals surface area contributed by atoms with Crippen LogP contribution in [0.15, 0.2) is 30.5 Å². The van der Waals surface area contributed by atoms with Crippen molar-refractivity contribution in [2.75, 3.05) is 19.8 Å². The maximum absolute atomic E-state index is 12.3. The first-order valence-electron chi connectivity index (χ1n) is 7.34. The Balaban J connectivity index is 1.71. The van der Waals surface area contributed by atoms with Crippen LogP contribution in [0, 0.1) is 5.41 Å². The number of H-pyrrole nitrogens is 1. The number of aromatic nitrogens is 1. The molecule has 22 heavy (non-hydrogen) atoms. The molecule has 2 aromatic rings. The highest BCUT2D eigenvalue weighted by Gasteiger charge is 2.38. The smallest absolute Gasteiger partial charge is 0.251 e. The maximum Gasteiger partial charge on any atom is 0.251 e. The van der Waals surface area contributed by atoms with Crippen molar-refractivity contribution < 1.29 is 14.3 Å². The predicted molar refractivity (Wildman–Crippen MR) is 82.3 cm³/mol. The minimum absolute atomic E-state index is 0.205. The molecule has 1 saturated heterocycles. The minimum Gasteiger partial charge on any atom is -0.381 e. The molecule has 0 spiro atoms. The topological polar surface area (TPSA) is 97.2 Å². The SMILES string of the molecule is NC(=O)C1(CNC(=O)c2ccc3cc[nH]c3c2)CCOCC1. The number of benzene rings is 1. The highest BCUT2D eigenvalue weighted by molar-refractivity contribution is 5.98. The lowest BCUT2D eigenvalue weighted by molar-refractivity contribution is -0.132. The molecule has 116 valence electrons. The van der Waals surface area contributed by atoms with Crippen LogP contribution in [0.4, 0.5) is 0 Å². The molecule has 0 unspecified atom stereocenters. The molecular weight excluding hydrogens is 282 g/mol. The van der Waals surface area contributed by atoms with E-state index in [1.165, 1.54) is 0 Å². The Hall–Kier alpha value is -2.34. The molecule has 1 aliphatic rings. The molecule has 1 fully saturated rings. The summed E-state index contributed by atoms with van der Waals surface area (Å²) in [4.78, 5) is 27.2. The van der Waals surface area contributed by atoms with Gasteiger partial charge in [0, 0.05) is 37.0 Å². The van der Waals surface area contributed by atoms with Gasteiger partial charge in [-0.05, 0) is 36.4 Å². The van der Waals surface area contributed by atoms with Crippen molar-refractivity contribution in [3.63, 3.8) is 0 Å². The number of hydrogen-bond acceptors (Lipinski definition) is 3. The lowest BCUT2D eigenvalue weighted by Crippen LogP contribution is -2.49. The number of hydrogen-bond donors (Lipinski definition) is 3. The van der Waals surface area contributed by atoms with Crippen LogP contribution in [0.1, 0.15) is 23.2 Å². The number of fused-ring (bicyclic) bond motifs is 1. The number of primary amides is 1. The highest BCUT2D eigenvalue weighted by Crippen LogP contribution is 2.29. The number of ether oxygens (including phenoxy) is 1. The predicted octanol–water partition coefficient (Wildman–Crippen LogP) is 1.18. The van der Waals surface area contributed by atoms with Crippen molar-refractivity contribution in [3.8, 4) is 0 Å². The van der Waals surface area contributed by atoms with E-state index in [0.717, 1.165) is 10.9 Å². The molecular formula is C16H19N3O3. The molecule has 3 rings (SSSR count). The Morgan fingerprint density at radius 1 is 1.27 bits per heavy atom. The van der Waals surface area contributed by atoms with Crippen LogP contribution >= 0.6 is 0 Å². The first-order chi connectivity index (χ1) is 10.6. The van der Waals surface area contributed by atoms with Gasteiger partial charge in [0.1, 0.15) is 0 Å². The van der Waals surface area contributed by atoms with Gasteiger partial charge >= 0.3 is 0 Å². The average molecular weight is 301 g/mol. The van der Waals surface area contributed by atoms with Crippen molar-refractivity contribution >= 4 is 22.7 Å². The molecule has 0 atom stereocenters. The van der Waals surface area contributed by atoms with Gasteiger partial charge in [0.25, 0.3) is 5.91 Å². The van der Waals surface area contributed by atoms with Gasteiger partial charge in [-0.25, -0.2) is 0 Å². The second-order valence-corrected chi connectivity index (χ2v) is 5.72. The van der Waals surface area contributed by atoms with E-state index in [9.17, 15) is 9.59 Å². The minimum atomic E-state index is -0.704. The third-order valence-corrected chi connectivity index (χ3v) is 4.38. The van der Waals surface area contributed by atoms with Crippen molar-refractivity contribution in [1.29, 1.82) is 0 Å². The molecule has 0 aliphatic carbocycles. The van der Waals surface area contributed by atoms with Crippen molar-refractivity contribution in [3.05, 3.63) is 36.0 Å². The summed E-state index contributed by atoms with van der Waals surface area (Å²) in [5.41, 5.74) is 6.30. The first-order valence-corrected chi connectivity index (χ1v) is 7.34. The molecule has 6 heteroatoms.